The maximum atomic E-state index is 12.2. The fraction of sp³-hybridized carbons (Fsp3) is 0.556. The highest BCUT2D eigenvalue weighted by Crippen LogP contribution is 2.21. The maximum Gasteiger partial charge on any atom is 0.406 e. The Morgan fingerprint density at radius 3 is 2.89 bits per heavy atom. The quantitative estimate of drug-likeness (QED) is 0.877. The Hall–Kier alpha value is -1.71. The van der Waals surface area contributed by atoms with Crippen LogP contribution in [0.25, 0.3) is 0 Å². The van der Waals surface area contributed by atoms with Crippen molar-refractivity contribution >= 4 is 23.3 Å². The molecule has 0 aliphatic carbocycles. The zero-order valence-corrected chi connectivity index (χ0v) is 10.3. The summed E-state index contributed by atoms with van der Waals surface area (Å²) < 4.78 is 40.1. The predicted molar refractivity (Wildman–Crippen MR) is 58.4 cm³/mol. The van der Waals surface area contributed by atoms with Crippen LogP contribution in [0.15, 0.2) is 5.38 Å². The van der Waals surface area contributed by atoms with Gasteiger partial charge < -0.3 is 10.2 Å². The second-order valence-electron chi connectivity index (χ2n) is 3.98. The molecule has 2 heterocycles. The number of halogens is 3. The molecule has 1 aromatic heterocycles. The Morgan fingerprint density at radius 1 is 1.58 bits per heavy atom. The first-order valence-corrected chi connectivity index (χ1v) is 6.14. The third-order valence-electron chi connectivity index (χ3n) is 2.57. The van der Waals surface area contributed by atoms with Gasteiger partial charge in [0.25, 0.3) is 5.91 Å². The number of amides is 2. The van der Waals surface area contributed by atoms with Crippen LogP contribution in [0, 0.1) is 0 Å². The molecule has 1 aliphatic heterocycles. The normalized spacial score (nSPS) is 19.8. The maximum absolute atomic E-state index is 12.2. The van der Waals surface area contributed by atoms with Gasteiger partial charge in [0.1, 0.15) is 12.6 Å². The van der Waals surface area contributed by atoms with Gasteiger partial charge in [0.15, 0.2) is 5.69 Å². The topological polar surface area (TPSA) is 75.2 Å². The van der Waals surface area contributed by atoms with Gasteiger partial charge in [-0.1, -0.05) is 4.49 Å². The monoisotopic (exact) mass is 294 g/mol. The van der Waals surface area contributed by atoms with E-state index in [0.717, 1.165) is 11.5 Å². The van der Waals surface area contributed by atoms with Crippen molar-refractivity contribution < 1.29 is 22.8 Å². The van der Waals surface area contributed by atoms with Crippen LogP contribution in [0.3, 0.4) is 0 Å². The molecular weight excluding hydrogens is 285 g/mol. The van der Waals surface area contributed by atoms with Crippen LogP contribution in [-0.4, -0.2) is 51.6 Å². The standard InChI is InChI=1S/C9H9F3N4O2S/c10-9(11,12)4-16-2-1-5(8(16)18)13-7(17)6-3-19-15-14-6/h3,5H,1-2,4H2,(H,13,17). The van der Waals surface area contributed by atoms with Crippen LogP contribution in [0.1, 0.15) is 16.9 Å². The highest BCUT2D eigenvalue weighted by atomic mass is 32.1. The lowest BCUT2D eigenvalue weighted by Gasteiger charge is -2.18. The van der Waals surface area contributed by atoms with Gasteiger partial charge in [0, 0.05) is 11.9 Å². The minimum absolute atomic E-state index is 0.0292. The first-order valence-electron chi connectivity index (χ1n) is 5.30. The van der Waals surface area contributed by atoms with E-state index in [2.05, 4.69) is 14.9 Å². The molecule has 104 valence electrons. The van der Waals surface area contributed by atoms with Crippen LogP contribution < -0.4 is 5.32 Å². The number of rotatable bonds is 3. The lowest BCUT2D eigenvalue weighted by Crippen LogP contribution is -2.43. The number of hydrogen-bond acceptors (Lipinski definition) is 5. The highest BCUT2D eigenvalue weighted by Gasteiger charge is 2.39. The molecule has 19 heavy (non-hydrogen) atoms. The van der Waals surface area contributed by atoms with Crippen molar-refractivity contribution in [3.8, 4) is 0 Å². The molecule has 1 aliphatic rings. The van der Waals surface area contributed by atoms with Crippen molar-refractivity contribution in [3.05, 3.63) is 11.1 Å². The number of likely N-dealkylation sites (tertiary alicyclic amines) is 1. The Bertz CT molecular complexity index is 476. The molecule has 0 bridgehead atoms. The predicted octanol–water partition coefficient (Wildman–Crippen LogP) is 0.431. The average molecular weight is 294 g/mol. The lowest BCUT2D eigenvalue weighted by atomic mass is 10.2. The summed E-state index contributed by atoms with van der Waals surface area (Å²) in [6.07, 6.45) is -4.29. The Morgan fingerprint density at radius 2 is 2.32 bits per heavy atom. The van der Waals surface area contributed by atoms with E-state index in [-0.39, 0.29) is 18.7 Å². The average Bonchev–Trinajstić information content (AvgIpc) is 2.92. The molecule has 6 nitrogen and oxygen atoms in total. The Labute approximate surface area is 109 Å². The summed E-state index contributed by atoms with van der Waals surface area (Å²) >= 11 is 0.969. The molecular formula is C9H9F3N4O2S. The van der Waals surface area contributed by atoms with E-state index in [1.165, 1.54) is 5.38 Å². The van der Waals surface area contributed by atoms with Crippen molar-refractivity contribution in [1.82, 2.24) is 19.8 Å². The van der Waals surface area contributed by atoms with Gasteiger partial charge >= 0.3 is 6.18 Å². The summed E-state index contributed by atoms with van der Waals surface area (Å²) in [7, 11) is 0. The second kappa shape index (κ2) is 5.11. The van der Waals surface area contributed by atoms with Gasteiger partial charge in [-0.25, -0.2) is 0 Å². The molecule has 2 rings (SSSR count). The van der Waals surface area contributed by atoms with Crippen molar-refractivity contribution in [3.63, 3.8) is 0 Å². The molecule has 1 aromatic rings. The number of alkyl halides is 3. The molecule has 1 N–H and O–H groups in total. The van der Waals surface area contributed by atoms with Gasteiger partial charge in [-0.3, -0.25) is 9.59 Å². The summed E-state index contributed by atoms with van der Waals surface area (Å²) in [6, 6.07) is -0.934. The molecule has 1 atom stereocenters. The van der Waals surface area contributed by atoms with Crippen LogP contribution >= 0.6 is 11.5 Å². The molecule has 0 spiro atoms. The Balaban J connectivity index is 1.93. The molecule has 10 heteroatoms. The SMILES string of the molecule is O=C(NC1CCN(CC(F)(F)F)C1=O)c1csnn1. The van der Waals surface area contributed by atoms with Gasteiger partial charge in [0.05, 0.1) is 0 Å². The second-order valence-corrected chi connectivity index (χ2v) is 4.59. The first kappa shape index (κ1) is 13.7. The van der Waals surface area contributed by atoms with E-state index in [9.17, 15) is 22.8 Å². The minimum atomic E-state index is -4.44. The van der Waals surface area contributed by atoms with Gasteiger partial charge in [0.2, 0.25) is 5.91 Å². The lowest BCUT2D eigenvalue weighted by molar-refractivity contribution is -0.157. The number of nitrogens with one attached hydrogen (secondary N) is 1. The largest absolute Gasteiger partial charge is 0.406 e. The van der Waals surface area contributed by atoms with Crippen LogP contribution in [0.5, 0.6) is 0 Å². The fourth-order valence-corrected chi connectivity index (χ4v) is 2.18. The van der Waals surface area contributed by atoms with E-state index in [0.29, 0.717) is 4.90 Å². The number of carbonyl (C=O) groups excluding carboxylic acids is 2. The van der Waals surface area contributed by atoms with E-state index < -0.39 is 30.6 Å². The number of aromatic nitrogens is 2. The van der Waals surface area contributed by atoms with Crippen molar-refractivity contribution in [1.29, 1.82) is 0 Å². The summed E-state index contributed by atoms with van der Waals surface area (Å²) in [5.41, 5.74) is 0.0482. The number of carbonyl (C=O) groups is 2. The number of nitrogens with zero attached hydrogens (tertiary/aromatic N) is 3. The zero-order chi connectivity index (χ0) is 14.0. The van der Waals surface area contributed by atoms with Gasteiger partial charge in [-0.15, -0.1) is 5.10 Å². The van der Waals surface area contributed by atoms with Crippen LogP contribution in [0.2, 0.25) is 0 Å². The van der Waals surface area contributed by atoms with Crippen molar-refractivity contribution in [2.24, 2.45) is 0 Å². The van der Waals surface area contributed by atoms with Crippen molar-refractivity contribution in [2.45, 2.75) is 18.6 Å². The van der Waals surface area contributed by atoms with Crippen LogP contribution in [0.4, 0.5) is 13.2 Å². The highest BCUT2D eigenvalue weighted by molar-refractivity contribution is 7.03. The molecule has 1 unspecified atom stereocenters. The van der Waals surface area contributed by atoms with Crippen molar-refractivity contribution in [2.75, 3.05) is 13.1 Å². The summed E-state index contributed by atoms with van der Waals surface area (Å²) in [6.45, 7) is -1.32. The summed E-state index contributed by atoms with van der Waals surface area (Å²) in [5, 5.41) is 7.26. The zero-order valence-electron chi connectivity index (χ0n) is 9.48. The molecule has 0 saturated carbocycles. The summed E-state index contributed by atoms with van der Waals surface area (Å²) in [5.74, 6) is -1.34. The molecule has 0 radical (unpaired) electrons. The van der Waals surface area contributed by atoms with Crippen LogP contribution in [-0.2, 0) is 4.79 Å². The minimum Gasteiger partial charge on any atom is -0.339 e. The van der Waals surface area contributed by atoms with E-state index in [1.807, 2.05) is 0 Å². The molecule has 1 fully saturated rings. The fourth-order valence-electron chi connectivity index (χ4n) is 1.74. The Kier molecular flexibility index (Phi) is 3.69. The third kappa shape index (κ3) is 3.40. The smallest absolute Gasteiger partial charge is 0.339 e. The first-order chi connectivity index (χ1) is 8.87. The number of hydrogen-bond donors (Lipinski definition) is 1. The van der Waals surface area contributed by atoms with Gasteiger partial charge in [-0.05, 0) is 18.0 Å². The molecule has 0 aromatic carbocycles. The summed E-state index contributed by atoms with van der Waals surface area (Å²) in [4.78, 5) is 24.0. The molecule has 1 saturated heterocycles. The third-order valence-corrected chi connectivity index (χ3v) is 3.07. The van der Waals surface area contributed by atoms with Gasteiger partial charge in [-0.2, -0.15) is 13.2 Å². The van der Waals surface area contributed by atoms with E-state index >= 15 is 0 Å². The van der Waals surface area contributed by atoms with E-state index in [4.69, 9.17) is 0 Å². The van der Waals surface area contributed by atoms with E-state index in [1.54, 1.807) is 0 Å². The molecule has 2 amide bonds.